The molecule has 0 amide bonds. The van der Waals surface area contributed by atoms with Crippen LogP contribution in [0.15, 0.2) is 0 Å². The normalized spacial score (nSPS) is 14.2. The van der Waals surface area contributed by atoms with E-state index in [-0.39, 0.29) is 12.3 Å². The lowest BCUT2D eigenvalue weighted by atomic mass is 10.3. The second-order valence-corrected chi connectivity index (χ2v) is 6.28. The molecular formula is C7H13O2P. The zero-order valence-corrected chi connectivity index (χ0v) is 7.27. The third-order valence-electron chi connectivity index (χ3n) is 1.44. The molecule has 0 heterocycles. The number of aliphatic hydroxyl groups is 1. The van der Waals surface area contributed by atoms with Gasteiger partial charge in [0.1, 0.15) is 0 Å². The Morgan fingerprint density at radius 1 is 1.70 bits per heavy atom. The van der Waals surface area contributed by atoms with Gasteiger partial charge in [0.25, 0.3) is 0 Å². The molecule has 1 N–H and O–H groups in total. The van der Waals surface area contributed by atoms with Gasteiger partial charge in [0, 0.05) is 12.1 Å². The molecule has 1 atom stereocenters. The van der Waals surface area contributed by atoms with Crippen LogP contribution in [0.5, 0.6) is 0 Å². The largest absolute Gasteiger partial charge is 0.396 e. The highest BCUT2D eigenvalue weighted by molar-refractivity contribution is 7.63. The van der Waals surface area contributed by atoms with Gasteiger partial charge in [0.05, 0.1) is 13.7 Å². The molecule has 0 aromatic rings. The molecule has 0 aliphatic rings. The van der Waals surface area contributed by atoms with Crippen molar-refractivity contribution in [1.82, 2.24) is 0 Å². The molecule has 0 aromatic heterocycles. The average Bonchev–Trinajstić information content (AvgIpc) is 1.80. The van der Waals surface area contributed by atoms with Crippen LogP contribution in [-0.4, -0.2) is 30.7 Å². The first-order valence-corrected chi connectivity index (χ1v) is 5.78. The van der Waals surface area contributed by atoms with Crippen LogP contribution in [0.4, 0.5) is 0 Å². The molecule has 3 heteroatoms. The zero-order chi connectivity index (χ0) is 8.20. The predicted octanol–water partition coefficient (Wildman–Crippen LogP) is 0.993. The van der Waals surface area contributed by atoms with Gasteiger partial charge in [-0.05, 0) is 13.3 Å². The highest BCUT2D eigenvalue weighted by Crippen LogP contribution is 2.43. The third kappa shape index (κ3) is 3.06. The Balaban J connectivity index is 4.11. The highest BCUT2D eigenvalue weighted by Gasteiger charge is 2.20. The summed E-state index contributed by atoms with van der Waals surface area (Å²) < 4.78 is 11.3. The van der Waals surface area contributed by atoms with Gasteiger partial charge in [-0.1, -0.05) is 0 Å². The molecule has 0 radical (unpaired) electrons. The molecular weight excluding hydrogens is 147 g/mol. The van der Waals surface area contributed by atoms with Gasteiger partial charge < -0.3 is 9.67 Å². The molecule has 0 aliphatic heterocycles. The van der Waals surface area contributed by atoms with E-state index in [9.17, 15) is 4.57 Å². The van der Waals surface area contributed by atoms with Gasteiger partial charge in [-0.3, -0.25) is 0 Å². The molecule has 1 unspecified atom stereocenters. The summed E-state index contributed by atoms with van der Waals surface area (Å²) in [7, 11) is -2.18. The van der Waals surface area contributed by atoms with E-state index in [4.69, 9.17) is 11.5 Å². The highest BCUT2D eigenvalue weighted by atomic mass is 31.2. The van der Waals surface area contributed by atoms with E-state index in [1.807, 2.05) is 0 Å². The third-order valence-corrected chi connectivity index (χ3v) is 3.55. The van der Waals surface area contributed by atoms with E-state index in [0.29, 0.717) is 6.42 Å². The summed E-state index contributed by atoms with van der Waals surface area (Å²) in [5.41, 5.74) is -0.211. The topological polar surface area (TPSA) is 37.3 Å². The van der Waals surface area contributed by atoms with Gasteiger partial charge in [-0.15, -0.1) is 12.3 Å². The molecule has 0 spiro atoms. The second-order valence-electron chi connectivity index (χ2n) is 2.68. The van der Waals surface area contributed by atoms with Crippen molar-refractivity contribution in [1.29, 1.82) is 0 Å². The van der Waals surface area contributed by atoms with Gasteiger partial charge >= 0.3 is 0 Å². The standard InChI is InChI=1S/C7H13O2P/c1-4-5-7(6-8)10(2,3)9/h1,7-8H,5-6H2,2-3H3. The maximum atomic E-state index is 11.3. The van der Waals surface area contributed by atoms with Crippen LogP contribution < -0.4 is 0 Å². The number of hydrogen-bond donors (Lipinski definition) is 1. The summed E-state index contributed by atoms with van der Waals surface area (Å²) in [5.74, 6) is 2.39. The van der Waals surface area contributed by atoms with Crippen molar-refractivity contribution in [2.24, 2.45) is 0 Å². The number of rotatable bonds is 3. The van der Waals surface area contributed by atoms with Crippen molar-refractivity contribution in [2.45, 2.75) is 12.1 Å². The van der Waals surface area contributed by atoms with E-state index in [0.717, 1.165) is 0 Å². The van der Waals surface area contributed by atoms with Crippen LogP contribution in [0.1, 0.15) is 6.42 Å². The lowest BCUT2D eigenvalue weighted by Gasteiger charge is -2.15. The average molecular weight is 160 g/mol. The van der Waals surface area contributed by atoms with Crippen molar-refractivity contribution >= 4 is 7.14 Å². The van der Waals surface area contributed by atoms with E-state index in [1.54, 1.807) is 13.3 Å². The number of terminal acetylenes is 1. The summed E-state index contributed by atoms with van der Waals surface area (Å²) in [6, 6.07) is 0. The van der Waals surface area contributed by atoms with Gasteiger partial charge in [-0.2, -0.15) is 0 Å². The van der Waals surface area contributed by atoms with Crippen LogP contribution in [0.25, 0.3) is 0 Å². The van der Waals surface area contributed by atoms with E-state index in [2.05, 4.69) is 5.92 Å². The van der Waals surface area contributed by atoms with Crippen LogP contribution in [0.3, 0.4) is 0 Å². The molecule has 0 bridgehead atoms. The Labute approximate surface area is 62.0 Å². The van der Waals surface area contributed by atoms with E-state index >= 15 is 0 Å². The summed E-state index contributed by atoms with van der Waals surface area (Å²) in [6.45, 7) is 3.21. The minimum Gasteiger partial charge on any atom is -0.396 e. The fraction of sp³-hybridized carbons (Fsp3) is 0.714. The quantitative estimate of drug-likeness (QED) is 0.494. The number of aliphatic hydroxyl groups excluding tert-OH is 1. The Bertz CT molecular complexity index is 175. The maximum Gasteiger partial charge on any atom is 0.0880 e. The second kappa shape index (κ2) is 3.81. The van der Waals surface area contributed by atoms with Gasteiger partial charge in [0.2, 0.25) is 0 Å². The molecule has 0 aliphatic carbocycles. The van der Waals surface area contributed by atoms with Crippen LogP contribution >= 0.6 is 7.14 Å². The minimum atomic E-state index is -2.18. The zero-order valence-electron chi connectivity index (χ0n) is 6.37. The predicted molar refractivity (Wildman–Crippen MR) is 43.8 cm³/mol. The SMILES string of the molecule is C#CCC(CO)P(C)(C)=O. The first-order valence-electron chi connectivity index (χ1n) is 3.11. The molecule has 0 saturated heterocycles. The van der Waals surface area contributed by atoms with Crippen LogP contribution in [-0.2, 0) is 4.57 Å². The Morgan fingerprint density at radius 2 is 2.20 bits per heavy atom. The lowest BCUT2D eigenvalue weighted by Crippen LogP contribution is -2.11. The molecule has 58 valence electrons. The van der Waals surface area contributed by atoms with E-state index in [1.165, 1.54) is 0 Å². The summed E-state index contributed by atoms with van der Waals surface area (Å²) in [6.07, 6.45) is 5.42. The molecule has 10 heavy (non-hydrogen) atoms. The Morgan fingerprint density at radius 3 is 2.30 bits per heavy atom. The van der Waals surface area contributed by atoms with Crippen molar-refractivity contribution in [2.75, 3.05) is 19.9 Å². The molecule has 2 nitrogen and oxygen atoms in total. The van der Waals surface area contributed by atoms with Gasteiger partial charge in [-0.25, -0.2) is 0 Å². The number of hydrogen-bond acceptors (Lipinski definition) is 2. The molecule has 0 fully saturated rings. The Hall–Kier alpha value is -0.250. The maximum absolute atomic E-state index is 11.3. The molecule has 0 saturated carbocycles. The summed E-state index contributed by atoms with van der Waals surface area (Å²) >= 11 is 0. The monoisotopic (exact) mass is 160 g/mol. The van der Waals surface area contributed by atoms with Crippen molar-refractivity contribution in [3.63, 3.8) is 0 Å². The van der Waals surface area contributed by atoms with Crippen LogP contribution in [0.2, 0.25) is 0 Å². The fourth-order valence-electron chi connectivity index (χ4n) is 0.617. The lowest BCUT2D eigenvalue weighted by molar-refractivity contribution is 0.291. The summed E-state index contributed by atoms with van der Waals surface area (Å²) in [5, 5.41) is 8.72. The molecule has 0 aromatic carbocycles. The van der Waals surface area contributed by atoms with Crippen molar-refractivity contribution in [3.05, 3.63) is 0 Å². The van der Waals surface area contributed by atoms with Crippen molar-refractivity contribution < 1.29 is 9.67 Å². The smallest absolute Gasteiger partial charge is 0.0880 e. The van der Waals surface area contributed by atoms with Gasteiger partial charge in [0.15, 0.2) is 0 Å². The van der Waals surface area contributed by atoms with E-state index < -0.39 is 7.14 Å². The molecule has 0 rings (SSSR count). The van der Waals surface area contributed by atoms with Crippen LogP contribution in [0, 0.1) is 12.3 Å². The Kier molecular flexibility index (Phi) is 3.71. The fourth-order valence-corrected chi connectivity index (χ4v) is 1.56. The summed E-state index contributed by atoms with van der Waals surface area (Å²) in [4.78, 5) is 0. The van der Waals surface area contributed by atoms with Crippen molar-refractivity contribution in [3.8, 4) is 12.3 Å². The minimum absolute atomic E-state index is 0.0749. The first-order chi connectivity index (χ1) is 4.52. The first kappa shape index (κ1) is 9.75.